The molecule has 0 bridgehead atoms. The third kappa shape index (κ3) is 3.76. The van der Waals surface area contributed by atoms with Gasteiger partial charge in [-0.1, -0.05) is 40.5 Å². The maximum absolute atomic E-state index is 9.68. The lowest BCUT2D eigenvalue weighted by Crippen LogP contribution is -2.24. The van der Waals surface area contributed by atoms with E-state index in [4.69, 9.17) is 0 Å². The molecule has 1 nitrogen and oxygen atoms in total. The Labute approximate surface area is 70.8 Å². The van der Waals surface area contributed by atoms with Crippen LogP contribution in [0.3, 0.4) is 0 Å². The van der Waals surface area contributed by atoms with Crippen molar-refractivity contribution in [1.82, 2.24) is 0 Å². The average molecular weight is 158 g/mol. The van der Waals surface area contributed by atoms with E-state index < -0.39 is 0 Å². The molecule has 11 heavy (non-hydrogen) atoms. The molecule has 0 aliphatic rings. The molecule has 0 aromatic rings. The summed E-state index contributed by atoms with van der Waals surface area (Å²) in [6.07, 6.45) is 3.06. The fourth-order valence-corrected chi connectivity index (χ4v) is 1.70. The van der Waals surface area contributed by atoms with Crippen molar-refractivity contribution < 1.29 is 5.11 Å². The van der Waals surface area contributed by atoms with E-state index >= 15 is 0 Å². The minimum atomic E-state index is -0.0787. The summed E-state index contributed by atoms with van der Waals surface area (Å²) in [6, 6.07) is 0. The van der Waals surface area contributed by atoms with Gasteiger partial charge in [0, 0.05) is 0 Å². The molecular formula is C10H22O. The van der Waals surface area contributed by atoms with E-state index in [0.717, 1.165) is 19.3 Å². The van der Waals surface area contributed by atoms with E-state index in [1.54, 1.807) is 0 Å². The smallest absolute Gasteiger partial charge is 0.0570 e. The first kappa shape index (κ1) is 11.0. The second-order valence-electron chi connectivity index (χ2n) is 3.67. The van der Waals surface area contributed by atoms with Crippen molar-refractivity contribution in [2.24, 2.45) is 11.8 Å². The summed E-state index contributed by atoms with van der Waals surface area (Å²) >= 11 is 0. The van der Waals surface area contributed by atoms with Crippen LogP contribution in [0.25, 0.3) is 0 Å². The molecule has 2 atom stereocenters. The highest BCUT2D eigenvalue weighted by molar-refractivity contribution is 4.69. The van der Waals surface area contributed by atoms with Crippen molar-refractivity contribution in [2.75, 3.05) is 0 Å². The highest BCUT2D eigenvalue weighted by Gasteiger charge is 2.19. The predicted octanol–water partition coefficient (Wildman–Crippen LogP) is 2.83. The van der Waals surface area contributed by atoms with E-state index in [9.17, 15) is 5.11 Å². The summed E-state index contributed by atoms with van der Waals surface area (Å²) in [5.74, 6) is 1.11. The molecule has 0 radical (unpaired) electrons. The molecule has 0 amide bonds. The third-order valence-electron chi connectivity index (χ3n) is 2.41. The normalized spacial score (nSPS) is 16.9. The van der Waals surface area contributed by atoms with E-state index in [1.165, 1.54) is 0 Å². The average Bonchev–Trinajstić information content (AvgIpc) is 1.88. The minimum Gasteiger partial charge on any atom is -0.393 e. The zero-order valence-electron chi connectivity index (χ0n) is 8.30. The number of hydrogen-bond donors (Lipinski definition) is 1. The zero-order chi connectivity index (χ0) is 8.85. The predicted molar refractivity (Wildman–Crippen MR) is 49.5 cm³/mol. The van der Waals surface area contributed by atoms with Crippen LogP contribution in [0, 0.1) is 11.8 Å². The van der Waals surface area contributed by atoms with Gasteiger partial charge >= 0.3 is 0 Å². The van der Waals surface area contributed by atoms with E-state index in [-0.39, 0.29) is 6.10 Å². The molecule has 0 fully saturated rings. The van der Waals surface area contributed by atoms with Crippen LogP contribution in [0.5, 0.6) is 0 Å². The van der Waals surface area contributed by atoms with E-state index in [2.05, 4.69) is 27.7 Å². The summed E-state index contributed by atoms with van der Waals surface area (Å²) < 4.78 is 0. The van der Waals surface area contributed by atoms with E-state index in [1.807, 2.05) is 0 Å². The van der Waals surface area contributed by atoms with Gasteiger partial charge in [-0.3, -0.25) is 0 Å². The molecular weight excluding hydrogens is 136 g/mol. The summed E-state index contributed by atoms with van der Waals surface area (Å²) in [6.45, 7) is 8.65. The summed E-state index contributed by atoms with van der Waals surface area (Å²) in [4.78, 5) is 0. The molecule has 0 unspecified atom stereocenters. The van der Waals surface area contributed by atoms with Crippen molar-refractivity contribution in [3.05, 3.63) is 0 Å². The standard InChI is InChI=1S/C10H22O/c1-5-7-10(11)9(6-2)8(3)4/h8-11H,5-7H2,1-4H3/t9-,10-/m1/s1. The maximum atomic E-state index is 9.68. The topological polar surface area (TPSA) is 20.2 Å². The Hall–Kier alpha value is -0.0400. The van der Waals surface area contributed by atoms with E-state index in [0.29, 0.717) is 11.8 Å². The Balaban J connectivity index is 3.81. The fraction of sp³-hybridized carbons (Fsp3) is 1.00. The van der Waals surface area contributed by atoms with Crippen LogP contribution in [0.15, 0.2) is 0 Å². The van der Waals surface area contributed by atoms with Gasteiger partial charge in [0.05, 0.1) is 6.10 Å². The molecule has 0 aromatic heterocycles. The molecule has 0 aliphatic carbocycles. The highest BCUT2D eigenvalue weighted by Crippen LogP contribution is 2.21. The van der Waals surface area contributed by atoms with Gasteiger partial charge in [0.25, 0.3) is 0 Å². The lowest BCUT2D eigenvalue weighted by molar-refractivity contribution is 0.0708. The first-order valence-electron chi connectivity index (χ1n) is 4.81. The van der Waals surface area contributed by atoms with Gasteiger partial charge in [-0.25, -0.2) is 0 Å². The molecule has 1 heteroatoms. The second kappa shape index (κ2) is 5.59. The van der Waals surface area contributed by atoms with Gasteiger partial charge < -0.3 is 5.11 Å². The first-order valence-corrected chi connectivity index (χ1v) is 4.81. The Bertz CT molecular complexity index is 88.9. The minimum absolute atomic E-state index is 0.0787. The summed E-state index contributed by atoms with van der Waals surface area (Å²) in [5.41, 5.74) is 0. The number of rotatable bonds is 5. The Morgan fingerprint density at radius 3 is 2.00 bits per heavy atom. The molecule has 0 aromatic carbocycles. The van der Waals surface area contributed by atoms with Crippen molar-refractivity contribution in [1.29, 1.82) is 0 Å². The number of aliphatic hydroxyl groups excluding tert-OH is 1. The summed E-state index contributed by atoms with van der Waals surface area (Å²) in [5, 5.41) is 9.68. The van der Waals surface area contributed by atoms with Gasteiger partial charge in [-0.2, -0.15) is 0 Å². The lowest BCUT2D eigenvalue weighted by Gasteiger charge is -2.24. The lowest BCUT2D eigenvalue weighted by atomic mass is 9.86. The van der Waals surface area contributed by atoms with Crippen LogP contribution in [0.4, 0.5) is 0 Å². The van der Waals surface area contributed by atoms with Gasteiger partial charge in [0.15, 0.2) is 0 Å². The molecule has 0 aliphatic heterocycles. The van der Waals surface area contributed by atoms with Crippen molar-refractivity contribution in [2.45, 2.75) is 53.1 Å². The Morgan fingerprint density at radius 2 is 1.73 bits per heavy atom. The van der Waals surface area contributed by atoms with Crippen molar-refractivity contribution >= 4 is 0 Å². The van der Waals surface area contributed by atoms with Crippen LogP contribution >= 0.6 is 0 Å². The van der Waals surface area contributed by atoms with Crippen molar-refractivity contribution in [3.63, 3.8) is 0 Å². The SMILES string of the molecule is CCC[C@@H](O)[C@H](CC)C(C)C. The zero-order valence-corrected chi connectivity index (χ0v) is 8.30. The maximum Gasteiger partial charge on any atom is 0.0570 e. The molecule has 1 N–H and O–H groups in total. The molecule has 0 saturated carbocycles. The second-order valence-corrected chi connectivity index (χ2v) is 3.67. The Morgan fingerprint density at radius 1 is 1.18 bits per heavy atom. The molecule has 0 spiro atoms. The van der Waals surface area contributed by atoms with Crippen LogP contribution in [0.1, 0.15) is 47.0 Å². The van der Waals surface area contributed by atoms with Gasteiger partial charge in [0.2, 0.25) is 0 Å². The molecule has 0 rings (SSSR count). The molecule has 0 saturated heterocycles. The van der Waals surface area contributed by atoms with Gasteiger partial charge in [-0.15, -0.1) is 0 Å². The number of aliphatic hydroxyl groups is 1. The molecule has 0 heterocycles. The summed E-state index contributed by atoms with van der Waals surface area (Å²) in [7, 11) is 0. The van der Waals surface area contributed by atoms with Crippen LogP contribution in [-0.2, 0) is 0 Å². The number of hydrogen-bond acceptors (Lipinski definition) is 1. The van der Waals surface area contributed by atoms with Crippen LogP contribution < -0.4 is 0 Å². The largest absolute Gasteiger partial charge is 0.393 e. The van der Waals surface area contributed by atoms with Crippen LogP contribution in [-0.4, -0.2) is 11.2 Å². The Kier molecular flexibility index (Phi) is 5.57. The van der Waals surface area contributed by atoms with Gasteiger partial charge in [-0.05, 0) is 18.3 Å². The fourth-order valence-electron chi connectivity index (χ4n) is 1.70. The quantitative estimate of drug-likeness (QED) is 0.652. The monoisotopic (exact) mass is 158 g/mol. The highest BCUT2D eigenvalue weighted by atomic mass is 16.3. The van der Waals surface area contributed by atoms with Gasteiger partial charge in [0.1, 0.15) is 0 Å². The molecule has 68 valence electrons. The first-order chi connectivity index (χ1) is 5.13. The van der Waals surface area contributed by atoms with Crippen molar-refractivity contribution in [3.8, 4) is 0 Å². The third-order valence-corrected chi connectivity index (χ3v) is 2.41. The van der Waals surface area contributed by atoms with Crippen LogP contribution in [0.2, 0.25) is 0 Å².